The van der Waals surface area contributed by atoms with Crippen LogP contribution in [0.4, 0.5) is 0 Å². The van der Waals surface area contributed by atoms with E-state index in [-0.39, 0.29) is 11.3 Å². The lowest BCUT2D eigenvalue weighted by molar-refractivity contribution is 0.0954. The largest absolute Gasteiger partial charge is 0.347 e. The van der Waals surface area contributed by atoms with Crippen molar-refractivity contribution in [3.8, 4) is 0 Å². The second kappa shape index (κ2) is 5.75. The SMILES string of the molecule is Cc1ncsc1C(=O)NCc1ccc(C(C)(C)C)cc1. The van der Waals surface area contributed by atoms with Gasteiger partial charge in [-0.1, -0.05) is 45.0 Å². The van der Waals surface area contributed by atoms with Crippen molar-refractivity contribution in [3.05, 3.63) is 51.5 Å². The lowest BCUT2D eigenvalue weighted by atomic mass is 9.87. The van der Waals surface area contributed by atoms with Gasteiger partial charge in [-0.25, -0.2) is 4.98 Å². The van der Waals surface area contributed by atoms with Crippen LogP contribution >= 0.6 is 11.3 Å². The second-order valence-electron chi connectivity index (χ2n) is 5.90. The Balaban J connectivity index is 1.98. The van der Waals surface area contributed by atoms with E-state index in [0.717, 1.165) is 11.3 Å². The maximum Gasteiger partial charge on any atom is 0.263 e. The molecule has 0 saturated heterocycles. The van der Waals surface area contributed by atoms with Gasteiger partial charge in [0.25, 0.3) is 5.91 Å². The van der Waals surface area contributed by atoms with E-state index in [2.05, 4.69) is 55.3 Å². The fourth-order valence-corrected chi connectivity index (χ4v) is 2.62. The zero-order chi connectivity index (χ0) is 14.8. The van der Waals surface area contributed by atoms with Crippen LogP contribution in [0.5, 0.6) is 0 Å². The minimum Gasteiger partial charge on any atom is -0.347 e. The summed E-state index contributed by atoms with van der Waals surface area (Å²) in [6, 6.07) is 8.39. The molecule has 2 aromatic rings. The Labute approximate surface area is 124 Å². The number of thiazole rings is 1. The van der Waals surface area contributed by atoms with Gasteiger partial charge in [-0.2, -0.15) is 0 Å². The van der Waals surface area contributed by atoms with Crippen LogP contribution in [0.3, 0.4) is 0 Å². The summed E-state index contributed by atoms with van der Waals surface area (Å²) in [4.78, 5) is 16.8. The van der Waals surface area contributed by atoms with E-state index in [1.165, 1.54) is 16.9 Å². The molecule has 4 heteroatoms. The summed E-state index contributed by atoms with van der Waals surface area (Å²) in [6.07, 6.45) is 0. The molecule has 106 valence electrons. The minimum atomic E-state index is -0.0510. The lowest BCUT2D eigenvalue weighted by Crippen LogP contribution is -2.22. The average Bonchev–Trinajstić information content (AvgIpc) is 2.82. The van der Waals surface area contributed by atoms with Crippen LogP contribution < -0.4 is 5.32 Å². The van der Waals surface area contributed by atoms with Crippen molar-refractivity contribution in [1.82, 2.24) is 10.3 Å². The predicted molar refractivity (Wildman–Crippen MR) is 83.2 cm³/mol. The van der Waals surface area contributed by atoms with Crippen molar-refractivity contribution in [2.45, 2.75) is 39.7 Å². The van der Waals surface area contributed by atoms with E-state index in [1.54, 1.807) is 5.51 Å². The standard InChI is InChI=1S/C16H20N2OS/c1-11-14(20-10-18-11)15(19)17-9-12-5-7-13(8-6-12)16(2,3)4/h5-8,10H,9H2,1-4H3,(H,17,19). The molecule has 20 heavy (non-hydrogen) atoms. The Kier molecular flexibility index (Phi) is 4.23. The van der Waals surface area contributed by atoms with Gasteiger partial charge in [0.05, 0.1) is 11.2 Å². The monoisotopic (exact) mass is 288 g/mol. The van der Waals surface area contributed by atoms with E-state index in [1.807, 2.05) is 6.92 Å². The van der Waals surface area contributed by atoms with Gasteiger partial charge in [-0.3, -0.25) is 4.79 Å². The number of hydrogen-bond acceptors (Lipinski definition) is 3. The summed E-state index contributed by atoms with van der Waals surface area (Å²) < 4.78 is 0. The third kappa shape index (κ3) is 3.45. The first-order valence-electron chi connectivity index (χ1n) is 6.65. The highest BCUT2D eigenvalue weighted by Gasteiger charge is 2.13. The zero-order valence-electron chi connectivity index (χ0n) is 12.4. The van der Waals surface area contributed by atoms with Gasteiger partial charge in [0, 0.05) is 6.54 Å². The van der Waals surface area contributed by atoms with Crippen LogP contribution in [0.2, 0.25) is 0 Å². The highest BCUT2D eigenvalue weighted by molar-refractivity contribution is 7.11. The van der Waals surface area contributed by atoms with Crippen LogP contribution in [-0.4, -0.2) is 10.9 Å². The Morgan fingerprint density at radius 2 is 1.90 bits per heavy atom. The third-order valence-corrected chi connectivity index (χ3v) is 4.15. The molecule has 0 aliphatic rings. The maximum absolute atomic E-state index is 12.0. The fourth-order valence-electron chi connectivity index (χ4n) is 1.91. The molecular weight excluding hydrogens is 268 g/mol. The lowest BCUT2D eigenvalue weighted by Gasteiger charge is -2.19. The van der Waals surface area contributed by atoms with Crippen molar-refractivity contribution in [3.63, 3.8) is 0 Å². The molecule has 0 spiro atoms. The normalized spacial score (nSPS) is 11.4. The van der Waals surface area contributed by atoms with Crippen LogP contribution in [-0.2, 0) is 12.0 Å². The zero-order valence-corrected chi connectivity index (χ0v) is 13.2. The fraction of sp³-hybridized carbons (Fsp3) is 0.375. The molecule has 2 rings (SSSR count). The van der Waals surface area contributed by atoms with Crippen molar-refractivity contribution >= 4 is 17.2 Å². The number of aryl methyl sites for hydroxylation is 1. The van der Waals surface area contributed by atoms with Crippen LogP contribution in [0, 0.1) is 6.92 Å². The van der Waals surface area contributed by atoms with E-state index >= 15 is 0 Å². The average molecular weight is 288 g/mol. The van der Waals surface area contributed by atoms with Crippen LogP contribution in [0.15, 0.2) is 29.8 Å². The molecule has 3 nitrogen and oxygen atoms in total. The number of benzene rings is 1. The molecule has 0 fully saturated rings. The summed E-state index contributed by atoms with van der Waals surface area (Å²) in [5.41, 5.74) is 5.04. The molecule has 1 aromatic carbocycles. The smallest absolute Gasteiger partial charge is 0.263 e. The first kappa shape index (κ1) is 14.7. The molecular formula is C16H20N2OS. The van der Waals surface area contributed by atoms with Gasteiger partial charge in [-0.05, 0) is 23.5 Å². The molecule has 0 unspecified atom stereocenters. The van der Waals surface area contributed by atoms with Crippen molar-refractivity contribution in [2.24, 2.45) is 0 Å². The van der Waals surface area contributed by atoms with E-state index < -0.39 is 0 Å². The Bertz CT molecular complexity index is 594. The first-order valence-corrected chi connectivity index (χ1v) is 7.53. The van der Waals surface area contributed by atoms with Gasteiger partial charge in [0.15, 0.2) is 0 Å². The number of carbonyl (C=O) groups excluding carboxylic acids is 1. The summed E-state index contributed by atoms with van der Waals surface area (Å²) in [7, 11) is 0. The first-order chi connectivity index (χ1) is 9.38. The molecule has 1 aromatic heterocycles. The summed E-state index contributed by atoms with van der Waals surface area (Å²) in [5, 5.41) is 2.93. The Morgan fingerprint density at radius 3 is 2.40 bits per heavy atom. The molecule has 1 amide bonds. The van der Waals surface area contributed by atoms with Gasteiger partial charge in [0.2, 0.25) is 0 Å². The van der Waals surface area contributed by atoms with Gasteiger partial charge in [-0.15, -0.1) is 11.3 Å². The molecule has 0 radical (unpaired) electrons. The van der Waals surface area contributed by atoms with Gasteiger partial charge in [0.1, 0.15) is 4.88 Å². The highest BCUT2D eigenvalue weighted by atomic mass is 32.1. The summed E-state index contributed by atoms with van der Waals surface area (Å²) in [6.45, 7) is 8.97. The number of rotatable bonds is 3. The van der Waals surface area contributed by atoms with E-state index in [9.17, 15) is 4.79 Å². The molecule has 0 saturated carbocycles. The number of amides is 1. The summed E-state index contributed by atoms with van der Waals surface area (Å²) in [5.74, 6) is -0.0510. The molecule has 0 aliphatic carbocycles. The van der Waals surface area contributed by atoms with Crippen LogP contribution in [0.25, 0.3) is 0 Å². The molecule has 1 heterocycles. The quantitative estimate of drug-likeness (QED) is 0.936. The van der Waals surface area contributed by atoms with E-state index in [4.69, 9.17) is 0 Å². The summed E-state index contributed by atoms with van der Waals surface area (Å²) >= 11 is 1.38. The Morgan fingerprint density at radius 1 is 1.25 bits per heavy atom. The van der Waals surface area contributed by atoms with Gasteiger partial charge < -0.3 is 5.32 Å². The van der Waals surface area contributed by atoms with Crippen molar-refractivity contribution in [2.75, 3.05) is 0 Å². The molecule has 0 aliphatic heterocycles. The van der Waals surface area contributed by atoms with Crippen LogP contribution in [0.1, 0.15) is 47.3 Å². The number of nitrogens with zero attached hydrogens (tertiary/aromatic N) is 1. The highest BCUT2D eigenvalue weighted by Crippen LogP contribution is 2.22. The van der Waals surface area contributed by atoms with Crippen molar-refractivity contribution < 1.29 is 4.79 Å². The number of carbonyl (C=O) groups is 1. The third-order valence-electron chi connectivity index (χ3n) is 3.22. The number of hydrogen-bond donors (Lipinski definition) is 1. The van der Waals surface area contributed by atoms with E-state index in [0.29, 0.717) is 11.4 Å². The number of nitrogens with one attached hydrogen (secondary N) is 1. The predicted octanol–water partition coefficient (Wildman–Crippen LogP) is 3.68. The number of aromatic nitrogens is 1. The van der Waals surface area contributed by atoms with Crippen molar-refractivity contribution in [1.29, 1.82) is 0 Å². The van der Waals surface area contributed by atoms with Gasteiger partial charge >= 0.3 is 0 Å². The minimum absolute atomic E-state index is 0.0510. The second-order valence-corrected chi connectivity index (χ2v) is 6.75. The molecule has 0 bridgehead atoms. The Hall–Kier alpha value is -1.68. The molecule has 0 atom stereocenters. The topological polar surface area (TPSA) is 42.0 Å². The molecule has 1 N–H and O–H groups in total. The maximum atomic E-state index is 12.0.